The molecule has 2 aliphatic heterocycles. The van der Waals surface area contributed by atoms with Gasteiger partial charge in [-0.25, -0.2) is 0 Å². The van der Waals surface area contributed by atoms with Crippen LogP contribution in [0.4, 0.5) is 0 Å². The lowest BCUT2D eigenvalue weighted by Crippen LogP contribution is -2.42. The van der Waals surface area contributed by atoms with E-state index in [0.717, 1.165) is 69.9 Å². The van der Waals surface area contributed by atoms with Crippen LogP contribution in [0.15, 0.2) is 27.8 Å². The number of nitrogens with one attached hydrogen (secondary N) is 1. The molecule has 0 saturated carbocycles. The van der Waals surface area contributed by atoms with Gasteiger partial charge in [-0.15, -0.1) is 24.0 Å². The van der Waals surface area contributed by atoms with Gasteiger partial charge < -0.3 is 24.3 Å². The van der Waals surface area contributed by atoms with Crippen LogP contribution >= 0.6 is 24.0 Å². The third-order valence-electron chi connectivity index (χ3n) is 5.70. The zero-order valence-electron chi connectivity index (χ0n) is 18.0. The number of guanidine groups is 1. The Kier molecular flexibility index (Phi) is 12.0. The number of aliphatic imine (C=N–C) groups is 1. The van der Waals surface area contributed by atoms with Gasteiger partial charge in [-0.05, 0) is 63.7 Å². The number of likely N-dealkylation sites (tertiary alicyclic amines) is 2. The molecular weight excluding hydrogens is 479 g/mol. The van der Waals surface area contributed by atoms with Crippen molar-refractivity contribution >= 4 is 29.9 Å². The molecule has 0 amide bonds. The predicted octanol–water partition coefficient (Wildman–Crippen LogP) is 3.62. The highest BCUT2D eigenvalue weighted by Gasteiger charge is 2.27. The van der Waals surface area contributed by atoms with E-state index in [2.05, 4.69) is 15.1 Å². The Hall–Kier alpha value is -0.800. The van der Waals surface area contributed by atoms with Gasteiger partial charge in [0.05, 0.1) is 6.26 Å². The van der Waals surface area contributed by atoms with Gasteiger partial charge in [-0.2, -0.15) is 0 Å². The van der Waals surface area contributed by atoms with E-state index in [1.165, 1.54) is 45.3 Å². The van der Waals surface area contributed by atoms with Gasteiger partial charge >= 0.3 is 0 Å². The van der Waals surface area contributed by atoms with Crippen molar-refractivity contribution in [2.24, 2.45) is 10.9 Å². The van der Waals surface area contributed by atoms with Crippen molar-refractivity contribution < 1.29 is 9.15 Å². The molecule has 6 nitrogen and oxygen atoms in total. The summed E-state index contributed by atoms with van der Waals surface area (Å²) in [5.74, 6) is 2.84. The lowest BCUT2D eigenvalue weighted by Gasteiger charge is -2.29. The molecule has 7 heteroatoms. The van der Waals surface area contributed by atoms with E-state index in [9.17, 15) is 0 Å². The molecule has 1 atom stereocenters. The topological polar surface area (TPSA) is 53.2 Å². The molecule has 0 aliphatic carbocycles. The van der Waals surface area contributed by atoms with Crippen LogP contribution in [0.1, 0.15) is 44.8 Å². The maximum Gasteiger partial charge on any atom is 0.193 e. The van der Waals surface area contributed by atoms with E-state index >= 15 is 0 Å². The van der Waals surface area contributed by atoms with E-state index in [4.69, 9.17) is 14.1 Å². The minimum absolute atomic E-state index is 0. The minimum Gasteiger partial charge on any atom is -0.469 e. The van der Waals surface area contributed by atoms with Crippen LogP contribution < -0.4 is 5.32 Å². The van der Waals surface area contributed by atoms with Crippen LogP contribution in [0.2, 0.25) is 0 Å². The molecule has 1 aromatic heterocycles. The summed E-state index contributed by atoms with van der Waals surface area (Å²) in [4.78, 5) is 10.0. The highest BCUT2D eigenvalue weighted by atomic mass is 127. The molecular formula is C22H39IN4O2. The van der Waals surface area contributed by atoms with Crippen LogP contribution in [0.25, 0.3) is 0 Å². The summed E-state index contributed by atoms with van der Waals surface area (Å²) in [6.07, 6.45) is 9.02. The molecule has 0 radical (unpaired) electrons. The van der Waals surface area contributed by atoms with Gasteiger partial charge in [0.15, 0.2) is 5.96 Å². The summed E-state index contributed by atoms with van der Waals surface area (Å²) in [7, 11) is 0. The molecule has 29 heavy (non-hydrogen) atoms. The van der Waals surface area contributed by atoms with E-state index in [1.54, 1.807) is 6.26 Å². The Labute approximate surface area is 193 Å². The average Bonchev–Trinajstić information content (AvgIpc) is 3.39. The molecule has 3 rings (SSSR count). The van der Waals surface area contributed by atoms with Gasteiger partial charge in [0.2, 0.25) is 0 Å². The fourth-order valence-electron chi connectivity index (χ4n) is 4.20. The van der Waals surface area contributed by atoms with Crippen molar-refractivity contribution in [1.29, 1.82) is 0 Å². The maximum absolute atomic E-state index is 5.45. The Morgan fingerprint density at radius 2 is 2.14 bits per heavy atom. The lowest BCUT2D eigenvalue weighted by molar-refractivity contribution is 0.146. The van der Waals surface area contributed by atoms with Gasteiger partial charge in [-0.3, -0.25) is 4.99 Å². The summed E-state index contributed by atoms with van der Waals surface area (Å²) >= 11 is 0. The molecule has 2 aliphatic rings. The maximum atomic E-state index is 5.45. The summed E-state index contributed by atoms with van der Waals surface area (Å²) in [5.41, 5.74) is 0. The molecule has 2 saturated heterocycles. The van der Waals surface area contributed by atoms with Gasteiger partial charge in [0, 0.05) is 52.4 Å². The number of hydrogen-bond donors (Lipinski definition) is 1. The minimum atomic E-state index is 0. The summed E-state index contributed by atoms with van der Waals surface area (Å²) < 4.78 is 10.9. The number of hydrogen-bond acceptors (Lipinski definition) is 4. The number of rotatable bonds is 10. The summed E-state index contributed by atoms with van der Waals surface area (Å²) in [6, 6.07) is 3.98. The second kappa shape index (κ2) is 14.2. The zero-order chi connectivity index (χ0) is 19.4. The predicted molar refractivity (Wildman–Crippen MR) is 129 cm³/mol. The van der Waals surface area contributed by atoms with E-state index in [-0.39, 0.29) is 24.0 Å². The van der Waals surface area contributed by atoms with Crippen molar-refractivity contribution in [3.8, 4) is 0 Å². The van der Waals surface area contributed by atoms with Crippen molar-refractivity contribution in [3.63, 3.8) is 0 Å². The molecule has 0 aromatic carbocycles. The Bertz CT molecular complexity index is 561. The molecule has 2 fully saturated rings. The van der Waals surface area contributed by atoms with Crippen LogP contribution in [0.5, 0.6) is 0 Å². The van der Waals surface area contributed by atoms with Gasteiger partial charge in [-0.1, -0.05) is 6.42 Å². The fourth-order valence-corrected chi connectivity index (χ4v) is 4.20. The van der Waals surface area contributed by atoms with Gasteiger partial charge in [0.25, 0.3) is 0 Å². The molecule has 3 heterocycles. The third-order valence-corrected chi connectivity index (χ3v) is 5.70. The van der Waals surface area contributed by atoms with Crippen molar-refractivity contribution in [3.05, 3.63) is 24.2 Å². The van der Waals surface area contributed by atoms with Crippen molar-refractivity contribution in [2.75, 3.05) is 59.0 Å². The smallest absolute Gasteiger partial charge is 0.193 e. The molecule has 1 N–H and O–H groups in total. The SMILES string of the molecule is CCOCCCN=C(NCCc1ccco1)N1CCC(CN2CCCCC2)C1.I. The standard InChI is InChI=1S/C22H38N4O2.HI/c1-2-27-16-7-11-23-22(24-12-9-21-8-6-17-28-21)26-15-10-20(19-26)18-25-13-4-3-5-14-25;/h6,8,17,20H,2-5,7,9-16,18-19H2,1H3,(H,23,24);1H. The Morgan fingerprint density at radius 1 is 1.28 bits per heavy atom. The van der Waals surface area contributed by atoms with Crippen LogP contribution in [-0.4, -0.2) is 74.8 Å². The molecule has 0 bridgehead atoms. The fraction of sp³-hybridized carbons (Fsp3) is 0.773. The number of ether oxygens (including phenoxy) is 1. The number of piperidine rings is 1. The number of furan rings is 1. The third kappa shape index (κ3) is 8.84. The first kappa shape index (κ1) is 24.5. The normalized spacial score (nSPS) is 20.7. The first-order valence-corrected chi connectivity index (χ1v) is 11.2. The molecule has 166 valence electrons. The Morgan fingerprint density at radius 3 is 2.90 bits per heavy atom. The second-order valence-corrected chi connectivity index (χ2v) is 7.97. The van der Waals surface area contributed by atoms with Crippen molar-refractivity contribution in [1.82, 2.24) is 15.1 Å². The van der Waals surface area contributed by atoms with Crippen LogP contribution in [0, 0.1) is 5.92 Å². The molecule has 0 spiro atoms. The number of halogens is 1. The average molecular weight is 518 g/mol. The zero-order valence-corrected chi connectivity index (χ0v) is 20.3. The van der Waals surface area contributed by atoms with E-state index < -0.39 is 0 Å². The summed E-state index contributed by atoms with van der Waals surface area (Å²) in [5, 5.41) is 3.58. The van der Waals surface area contributed by atoms with Crippen LogP contribution in [0.3, 0.4) is 0 Å². The molecule has 1 aromatic rings. The Balaban J connectivity index is 0.00000300. The highest BCUT2D eigenvalue weighted by molar-refractivity contribution is 14.0. The first-order valence-electron chi connectivity index (χ1n) is 11.2. The monoisotopic (exact) mass is 518 g/mol. The highest BCUT2D eigenvalue weighted by Crippen LogP contribution is 2.20. The van der Waals surface area contributed by atoms with Gasteiger partial charge in [0.1, 0.15) is 5.76 Å². The number of nitrogens with zero attached hydrogens (tertiary/aromatic N) is 3. The quantitative estimate of drug-likeness (QED) is 0.222. The summed E-state index contributed by atoms with van der Waals surface area (Å²) in [6.45, 7) is 11.3. The first-order chi connectivity index (χ1) is 13.8. The van der Waals surface area contributed by atoms with E-state index in [0.29, 0.717) is 0 Å². The van der Waals surface area contributed by atoms with E-state index in [1.807, 2.05) is 19.1 Å². The van der Waals surface area contributed by atoms with Crippen LogP contribution in [-0.2, 0) is 11.2 Å². The lowest BCUT2D eigenvalue weighted by atomic mass is 10.1. The van der Waals surface area contributed by atoms with Crippen molar-refractivity contribution in [2.45, 2.75) is 45.4 Å². The second-order valence-electron chi connectivity index (χ2n) is 7.97. The largest absolute Gasteiger partial charge is 0.469 e. The molecule has 1 unspecified atom stereocenters.